The van der Waals surface area contributed by atoms with Crippen molar-refractivity contribution < 1.29 is 9.53 Å². The molecule has 2 aromatic rings. The Labute approximate surface area is 145 Å². The zero-order valence-corrected chi connectivity index (χ0v) is 15.2. The van der Waals surface area contributed by atoms with Crippen LogP contribution in [-0.2, 0) is 4.79 Å². The van der Waals surface area contributed by atoms with Gasteiger partial charge in [0, 0.05) is 17.6 Å². The number of rotatable bonds is 3. The van der Waals surface area contributed by atoms with Crippen LogP contribution in [0.15, 0.2) is 40.9 Å². The lowest BCUT2D eigenvalue weighted by Gasteiger charge is -2.34. The monoisotopic (exact) mass is 375 g/mol. The molecule has 1 saturated heterocycles. The minimum atomic E-state index is 0.0827. The summed E-state index contributed by atoms with van der Waals surface area (Å²) in [5, 5.41) is 2.26. The highest BCUT2D eigenvalue weighted by Gasteiger charge is 2.25. The van der Waals surface area contributed by atoms with Crippen molar-refractivity contribution in [2.75, 3.05) is 19.7 Å². The van der Waals surface area contributed by atoms with Crippen molar-refractivity contribution in [1.82, 2.24) is 4.90 Å². The van der Waals surface area contributed by atoms with Crippen LogP contribution >= 0.6 is 15.9 Å². The number of amides is 1. The number of piperidine rings is 1. The first-order valence-electron chi connectivity index (χ1n) is 8.11. The van der Waals surface area contributed by atoms with Gasteiger partial charge in [0.1, 0.15) is 5.75 Å². The Morgan fingerprint density at radius 1 is 1.13 bits per heavy atom. The molecule has 1 amide bonds. The van der Waals surface area contributed by atoms with Gasteiger partial charge in [-0.1, -0.05) is 41.9 Å². The van der Waals surface area contributed by atoms with E-state index in [2.05, 4.69) is 35.8 Å². The molecule has 0 aliphatic carbocycles. The van der Waals surface area contributed by atoms with Gasteiger partial charge in [0.05, 0.1) is 0 Å². The molecule has 3 nitrogen and oxygen atoms in total. The Balaban J connectivity index is 1.63. The van der Waals surface area contributed by atoms with E-state index in [0.717, 1.165) is 34.1 Å². The number of carbonyl (C=O) groups is 1. The lowest BCUT2D eigenvalue weighted by Crippen LogP contribution is -2.44. The SMILES string of the molecule is C[C@@H]1C[C@@H](C)CN(C(=O)COc2ccc3cc(Br)ccc3c2)C1. The summed E-state index contributed by atoms with van der Waals surface area (Å²) in [6.45, 7) is 6.22. The molecular weight excluding hydrogens is 354 g/mol. The molecule has 1 fully saturated rings. The second-order valence-electron chi connectivity index (χ2n) is 6.69. The summed E-state index contributed by atoms with van der Waals surface area (Å²) in [7, 11) is 0. The number of nitrogens with zero attached hydrogens (tertiary/aromatic N) is 1. The summed E-state index contributed by atoms with van der Waals surface area (Å²) >= 11 is 3.47. The minimum absolute atomic E-state index is 0.0827. The fourth-order valence-corrected chi connectivity index (χ4v) is 3.77. The zero-order chi connectivity index (χ0) is 16.4. The molecule has 0 bridgehead atoms. The van der Waals surface area contributed by atoms with Gasteiger partial charge in [0.2, 0.25) is 0 Å². The van der Waals surface area contributed by atoms with E-state index in [1.165, 1.54) is 6.42 Å². The van der Waals surface area contributed by atoms with Crippen molar-refractivity contribution in [2.24, 2.45) is 11.8 Å². The molecule has 0 radical (unpaired) electrons. The van der Waals surface area contributed by atoms with Crippen LogP contribution in [0.1, 0.15) is 20.3 Å². The highest BCUT2D eigenvalue weighted by Crippen LogP contribution is 2.25. The maximum atomic E-state index is 12.4. The first-order chi connectivity index (χ1) is 11.0. The molecule has 1 aliphatic heterocycles. The summed E-state index contributed by atoms with van der Waals surface area (Å²) in [5.74, 6) is 1.97. The quantitative estimate of drug-likeness (QED) is 0.790. The van der Waals surface area contributed by atoms with E-state index in [1.807, 2.05) is 35.2 Å². The molecule has 1 heterocycles. The van der Waals surface area contributed by atoms with Crippen molar-refractivity contribution >= 4 is 32.6 Å². The van der Waals surface area contributed by atoms with Gasteiger partial charge in [0.25, 0.3) is 5.91 Å². The maximum absolute atomic E-state index is 12.4. The molecular formula is C19H22BrNO2. The zero-order valence-electron chi connectivity index (χ0n) is 13.6. The average Bonchev–Trinajstić information content (AvgIpc) is 2.51. The average molecular weight is 376 g/mol. The first-order valence-corrected chi connectivity index (χ1v) is 8.90. The van der Waals surface area contributed by atoms with Crippen LogP contribution < -0.4 is 4.74 Å². The van der Waals surface area contributed by atoms with Crippen LogP contribution in [0.25, 0.3) is 10.8 Å². The van der Waals surface area contributed by atoms with E-state index in [0.29, 0.717) is 11.8 Å². The van der Waals surface area contributed by atoms with E-state index in [9.17, 15) is 4.79 Å². The number of fused-ring (bicyclic) bond motifs is 1. The Morgan fingerprint density at radius 3 is 2.52 bits per heavy atom. The summed E-state index contributed by atoms with van der Waals surface area (Å²) in [6, 6.07) is 12.0. The van der Waals surface area contributed by atoms with Gasteiger partial charge in [-0.3, -0.25) is 4.79 Å². The third-order valence-corrected chi connectivity index (χ3v) is 4.85. The number of hydrogen-bond donors (Lipinski definition) is 0. The number of likely N-dealkylation sites (tertiary alicyclic amines) is 1. The maximum Gasteiger partial charge on any atom is 0.260 e. The lowest BCUT2D eigenvalue weighted by atomic mass is 9.92. The summed E-state index contributed by atoms with van der Waals surface area (Å²) in [5.41, 5.74) is 0. The predicted octanol–water partition coefficient (Wildman–Crippen LogP) is 4.49. The van der Waals surface area contributed by atoms with Gasteiger partial charge < -0.3 is 9.64 Å². The molecule has 122 valence electrons. The fraction of sp³-hybridized carbons (Fsp3) is 0.421. The van der Waals surface area contributed by atoms with Gasteiger partial charge >= 0.3 is 0 Å². The van der Waals surface area contributed by atoms with Crippen LogP contribution in [0.5, 0.6) is 5.75 Å². The van der Waals surface area contributed by atoms with Crippen molar-refractivity contribution in [3.63, 3.8) is 0 Å². The molecule has 0 aromatic heterocycles. The Hall–Kier alpha value is -1.55. The third kappa shape index (κ3) is 4.05. The van der Waals surface area contributed by atoms with Gasteiger partial charge in [-0.2, -0.15) is 0 Å². The molecule has 1 aliphatic rings. The second-order valence-corrected chi connectivity index (χ2v) is 7.60. The lowest BCUT2D eigenvalue weighted by molar-refractivity contribution is -0.136. The molecule has 23 heavy (non-hydrogen) atoms. The molecule has 2 atom stereocenters. The summed E-state index contributed by atoms with van der Waals surface area (Å²) in [4.78, 5) is 14.3. The number of carbonyl (C=O) groups excluding carboxylic acids is 1. The summed E-state index contributed by atoms with van der Waals surface area (Å²) in [6.07, 6.45) is 1.20. The highest BCUT2D eigenvalue weighted by atomic mass is 79.9. The van der Waals surface area contributed by atoms with Crippen molar-refractivity contribution in [3.8, 4) is 5.75 Å². The highest BCUT2D eigenvalue weighted by molar-refractivity contribution is 9.10. The van der Waals surface area contributed by atoms with Gasteiger partial charge in [0.15, 0.2) is 6.61 Å². The van der Waals surface area contributed by atoms with Crippen molar-refractivity contribution in [2.45, 2.75) is 20.3 Å². The fourth-order valence-electron chi connectivity index (χ4n) is 3.39. The molecule has 3 rings (SSSR count). The van der Waals surface area contributed by atoms with Crippen molar-refractivity contribution in [1.29, 1.82) is 0 Å². The molecule has 0 spiro atoms. The molecule has 0 N–H and O–H groups in total. The van der Waals surface area contributed by atoms with E-state index in [4.69, 9.17) is 4.74 Å². The first kappa shape index (κ1) is 16.3. The van der Waals surface area contributed by atoms with Gasteiger partial charge in [-0.25, -0.2) is 0 Å². The second kappa shape index (κ2) is 6.91. The normalized spacial score (nSPS) is 21.4. The Kier molecular flexibility index (Phi) is 4.90. The third-order valence-electron chi connectivity index (χ3n) is 4.36. The van der Waals surface area contributed by atoms with Crippen LogP contribution in [-0.4, -0.2) is 30.5 Å². The predicted molar refractivity (Wildman–Crippen MR) is 96.7 cm³/mol. The number of hydrogen-bond acceptors (Lipinski definition) is 2. The van der Waals surface area contributed by atoms with E-state index in [-0.39, 0.29) is 12.5 Å². The molecule has 0 unspecified atom stereocenters. The van der Waals surface area contributed by atoms with Gasteiger partial charge in [-0.05, 0) is 53.3 Å². The topological polar surface area (TPSA) is 29.5 Å². The Morgan fingerprint density at radius 2 is 1.78 bits per heavy atom. The smallest absolute Gasteiger partial charge is 0.260 e. The standard InChI is InChI=1S/C19H22BrNO2/c1-13-7-14(2)11-21(10-13)19(22)12-23-18-6-4-15-8-17(20)5-3-16(15)9-18/h3-6,8-9,13-14H,7,10-12H2,1-2H3/t13-,14-/m1/s1. The van der Waals surface area contributed by atoms with E-state index < -0.39 is 0 Å². The number of ether oxygens (including phenoxy) is 1. The molecule has 4 heteroatoms. The molecule has 0 saturated carbocycles. The number of halogens is 1. The minimum Gasteiger partial charge on any atom is -0.484 e. The van der Waals surface area contributed by atoms with E-state index in [1.54, 1.807) is 0 Å². The Bertz CT molecular complexity index is 706. The van der Waals surface area contributed by atoms with E-state index >= 15 is 0 Å². The number of benzene rings is 2. The summed E-state index contributed by atoms with van der Waals surface area (Å²) < 4.78 is 6.78. The van der Waals surface area contributed by atoms with Crippen molar-refractivity contribution in [3.05, 3.63) is 40.9 Å². The van der Waals surface area contributed by atoms with Crippen LogP contribution in [0.4, 0.5) is 0 Å². The van der Waals surface area contributed by atoms with Crippen LogP contribution in [0.3, 0.4) is 0 Å². The van der Waals surface area contributed by atoms with Gasteiger partial charge in [-0.15, -0.1) is 0 Å². The largest absolute Gasteiger partial charge is 0.484 e. The molecule has 2 aromatic carbocycles. The van der Waals surface area contributed by atoms with Crippen LogP contribution in [0.2, 0.25) is 0 Å². The van der Waals surface area contributed by atoms with Crippen LogP contribution in [0, 0.1) is 11.8 Å².